The van der Waals surface area contributed by atoms with Gasteiger partial charge in [0, 0.05) is 13.0 Å². The average molecular weight is 666 g/mol. The molecule has 0 aliphatic rings. The molecule has 2 N–H and O–H groups in total. The molecule has 2 rings (SSSR count). The van der Waals surface area contributed by atoms with Crippen LogP contribution in [0.15, 0.2) is 48.5 Å². The van der Waals surface area contributed by atoms with Gasteiger partial charge >= 0.3 is 12.1 Å². The number of nitrogens with zero attached hydrogens (tertiary/aromatic N) is 1. The van der Waals surface area contributed by atoms with Crippen LogP contribution in [-0.4, -0.2) is 58.6 Å². The molecular formula is C39H59N3O6. The molecule has 0 saturated heterocycles. The number of hydrogen-bond donors (Lipinski definition) is 2. The molecule has 9 heteroatoms. The average Bonchev–Trinajstić information content (AvgIpc) is 2.97. The van der Waals surface area contributed by atoms with Crippen molar-refractivity contribution in [2.45, 2.75) is 138 Å². The summed E-state index contributed by atoms with van der Waals surface area (Å²) in [4.78, 5) is 57.4. The zero-order valence-electron chi connectivity index (χ0n) is 31.1. The number of amides is 3. The number of ether oxygens (including phenoxy) is 2. The minimum atomic E-state index is -1.08. The fourth-order valence-electron chi connectivity index (χ4n) is 5.37. The topological polar surface area (TPSA) is 114 Å². The van der Waals surface area contributed by atoms with Gasteiger partial charge in [0.15, 0.2) is 0 Å². The molecule has 266 valence electrons. The highest BCUT2D eigenvalue weighted by Gasteiger charge is 2.39. The molecular weight excluding hydrogens is 606 g/mol. The number of esters is 1. The van der Waals surface area contributed by atoms with Crippen LogP contribution in [0.4, 0.5) is 4.79 Å². The van der Waals surface area contributed by atoms with Gasteiger partial charge in [-0.05, 0) is 84.4 Å². The zero-order chi connectivity index (χ0) is 36.2. The molecule has 3 unspecified atom stereocenters. The second kappa shape index (κ2) is 18.0. The van der Waals surface area contributed by atoms with Crippen LogP contribution in [-0.2, 0) is 30.3 Å². The number of carbonyl (C=O) groups is 4. The quantitative estimate of drug-likeness (QED) is 0.152. The predicted octanol–water partition coefficient (Wildman–Crippen LogP) is 7.37. The van der Waals surface area contributed by atoms with Gasteiger partial charge in [0.05, 0.1) is 0 Å². The molecule has 2 aromatic rings. The molecule has 48 heavy (non-hydrogen) atoms. The van der Waals surface area contributed by atoms with Crippen molar-refractivity contribution in [3.05, 3.63) is 70.8 Å². The van der Waals surface area contributed by atoms with Gasteiger partial charge in [-0.3, -0.25) is 9.59 Å². The number of benzene rings is 2. The van der Waals surface area contributed by atoms with E-state index in [1.165, 1.54) is 0 Å². The van der Waals surface area contributed by atoms with Crippen LogP contribution in [0.25, 0.3) is 0 Å². The lowest BCUT2D eigenvalue weighted by atomic mass is 9.94. The molecule has 0 aliphatic carbocycles. The number of rotatable bonds is 15. The first-order chi connectivity index (χ1) is 22.3. The van der Waals surface area contributed by atoms with E-state index < -0.39 is 53.2 Å². The van der Waals surface area contributed by atoms with Crippen LogP contribution in [0, 0.1) is 19.8 Å². The Hall–Kier alpha value is -3.88. The van der Waals surface area contributed by atoms with E-state index in [0.717, 1.165) is 36.0 Å². The summed E-state index contributed by atoms with van der Waals surface area (Å²) in [6, 6.07) is 12.2. The van der Waals surface area contributed by atoms with E-state index in [-0.39, 0.29) is 18.9 Å². The van der Waals surface area contributed by atoms with Crippen molar-refractivity contribution in [1.82, 2.24) is 15.5 Å². The smallest absolute Gasteiger partial charge is 0.408 e. The number of nitrogens with one attached hydrogen (secondary N) is 2. The molecule has 3 amide bonds. The van der Waals surface area contributed by atoms with Gasteiger partial charge in [-0.15, -0.1) is 0 Å². The maximum Gasteiger partial charge on any atom is 0.408 e. The summed E-state index contributed by atoms with van der Waals surface area (Å²) >= 11 is 0. The SMILES string of the molecule is CCCCCCN(C(=O)C(NC(=O)OC(C)(C)C)C(C)C)C(C(=O)NC(Cc1ccccc1)C(=O)OC(C)(C)C)c1cc(C)ccc1C. The number of carbonyl (C=O) groups excluding carboxylic acids is 4. The van der Waals surface area contributed by atoms with E-state index in [1.807, 2.05) is 76.2 Å². The summed E-state index contributed by atoms with van der Waals surface area (Å²) in [5.41, 5.74) is 1.72. The number of aryl methyl sites for hydroxylation is 2. The molecule has 0 heterocycles. The highest BCUT2D eigenvalue weighted by molar-refractivity contribution is 5.94. The summed E-state index contributed by atoms with van der Waals surface area (Å²) in [6.07, 6.45) is 3.00. The van der Waals surface area contributed by atoms with Crippen molar-refractivity contribution in [2.24, 2.45) is 5.92 Å². The largest absolute Gasteiger partial charge is 0.458 e. The van der Waals surface area contributed by atoms with Crippen molar-refractivity contribution < 1.29 is 28.7 Å². The lowest BCUT2D eigenvalue weighted by Crippen LogP contribution is -2.56. The molecule has 0 aliphatic heterocycles. The van der Waals surface area contributed by atoms with Gasteiger partial charge in [0.2, 0.25) is 11.8 Å². The summed E-state index contributed by atoms with van der Waals surface area (Å²) < 4.78 is 11.3. The molecule has 0 aromatic heterocycles. The highest BCUT2D eigenvalue weighted by atomic mass is 16.6. The van der Waals surface area contributed by atoms with Crippen LogP contribution in [0.1, 0.15) is 116 Å². The molecule has 3 atom stereocenters. The molecule has 0 bridgehead atoms. The Morgan fingerprint density at radius 2 is 1.44 bits per heavy atom. The fourth-order valence-corrected chi connectivity index (χ4v) is 5.37. The van der Waals surface area contributed by atoms with Gasteiger partial charge < -0.3 is 25.0 Å². The van der Waals surface area contributed by atoms with Crippen molar-refractivity contribution in [1.29, 1.82) is 0 Å². The first kappa shape index (κ1) is 40.3. The molecule has 0 spiro atoms. The third-order valence-electron chi connectivity index (χ3n) is 7.72. The Morgan fingerprint density at radius 1 is 0.812 bits per heavy atom. The fraction of sp³-hybridized carbons (Fsp3) is 0.590. The minimum Gasteiger partial charge on any atom is -0.458 e. The van der Waals surface area contributed by atoms with Gasteiger partial charge in [0.25, 0.3) is 0 Å². The normalized spacial score (nSPS) is 13.7. The lowest BCUT2D eigenvalue weighted by Gasteiger charge is -2.37. The van der Waals surface area contributed by atoms with E-state index in [0.29, 0.717) is 12.0 Å². The van der Waals surface area contributed by atoms with Crippen molar-refractivity contribution in [3.63, 3.8) is 0 Å². The summed E-state index contributed by atoms with van der Waals surface area (Å²) in [6.45, 7) is 20.6. The molecule has 2 aromatic carbocycles. The Labute approximate surface area is 288 Å². The zero-order valence-corrected chi connectivity index (χ0v) is 31.1. The van der Waals surface area contributed by atoms with E-state index in [9.17, 15) is 19.2 Å². The van der Waals surface area contributed by atoms with Crippen LogP contribution >= 0.6 is 0 Å². The lowest BCUT2D eigenvalue weighted by molar-refractivity contribution is -0.159. The van der Waals surface area contributed by atoms with Crippen molar-refractivity contribution >= 4 is 23.9 Å². The number of hydrogen-bond acceptors (Lipinski definition) is 6. The van der Waals surface area contributed by atoms with Crippen LogP contribution in [0.5, 0.6) is 0 Å². The third kappa shape index (κ3) is 13.3. The second-order valence-electron chi connectivity index (χ2n) is 15.0. The Morgan fingerprint density at radius 3 is 2.00 bits per heavy atom. The molecule has 9 nitrogen and oxygen atoms in total. The Kier molecular flexibility index (Phi) is 15.1. The van der Waals surface area contributed by atoms with Gasteiger partial charge in [-0.1, -0.05) is 94.1 Å². The molecule has 0 saturated carbocycles. The Balaban J connectivity index is 2.68. The first-order valence-electron chi connectivity index (χ1n) is 17.3. The van der Waals surface area contributed by atoms with Crippen LogP contribution < -0.4 is 10.6 Å². The summed E-state index contributed by atoms with van der Waals surface area (Å²) in [7, 11) is 0. The maximum atomic E-state index is 14.7. The van der Waals surface area contributed by atoms with E-state index in [4.69, 9.17) is 9.47 Å². The highest BCUT2D eigenvalue weighted by Crippen LogP contribution is 2.29. The summed E-state index contributed by atoms with van der Waals surface area (Å²) in [5, 5.41) is 5.78. The molecule has 0 radical (unpaired) electrons. The van der Waals surface area contributed by atoms with Crippen LogP contribution in [0.2, 0.25) is 0 Å². The van der Waals surface area contributed by atoms with Gasteiger partial charge in [0.1, 0.15) is 29.3 Å². The first-order valence-corrected chi connectivity index (χ1v) is 17.3. The third-order valence-corrected chi connectivity index (χ3v) is 7.72. The minimum absolute atomic E-state index is 0.209. The number of unbranched alkanes of at least 4 members (excludes halogenated alkanes) is 3. The van der Waals surface area contributed by atoms with Crippen LogP contribution in [0.3, 0.4) is 0 Å². The van der Waals surface area contributed by atoms with Gasteiger partial charge in [-0.2, -0.15) is 0 Å². The number of alkyl carbamates (subject to hydrolysis) is 1. The standard InChI is InChI=1S/C39H59N3O6/c1-12-13-14-18-23-42(35(44)32(26(2)3)41-37(46)48-39(9,10)11)33(30-24-27(4)21-22-28(30)5)34(43)40-31(36(45)47-38(6,7)8)25-29-19-16-15-17-20-29/h15-17,19-22,24,26,31-33H,12-14,18,23,25H2,1-11H3,(H,40,43)(H,41,46). The Bertz CT molecular complexity index is 1360. The monoisotopic (exact) mass is 665 g/mol. The second-order valence-corrected chi connectivity index (χ2v) is 15.0. The van der Waals surface area contributed by atoms with Crippen molar-refractivity contribution in [3.8, 4) is 0 Å². The van der Waals surface area contributed by atoms with Crippen molar-refractivity contribution in [2.75, 3.05) is 6.54 Å². The van der Waals surface area contributed by atoms with E-state index >= 15 is 0 Å². The predicted molar refractivity (Wildman–Crippen MR) is 190 cm³/mol. The maximum absolute atomic E-state index is 14.7. The summed E-state index contributed by atoms with van der Waals surface area (Å²) in [5.74, 6) is -1.77. The van der Waals surface area contributed by atoms with E-state index in [2.05, 4.69) is 17.6 Å². The molecule has 0 fully saturated rings. The van der Waals surface area contributed by atoms with E-state index in [1.54, 1.807) is 46.4 Å². The van der Waals surface area contributed by atoms with Gasteiger partial charge in [-0.25, -0.2) is 9.59 Å².